The largest absolute Gasteiger partial charge is 0.393 e. The highest BCUT2D eigenvalue weighted by Gasteiger charge is 2.27. The molecule has 0 bridgehead atoms. The van der Waals surface area contributed by atoms with Crippen LogP contribution in [0.4, 0.5) is 11.4 Å². The number of aliphatic imine (C=N–C) groups is 1. The third-order valence-electron chi connectivity index (χ3n) is 5.45. The Morgan fingerprint density at radius 1 is 1.16 bits per heavy atom. The number of amides is 2. The molecule has 0 unspecified atom stereocenters. The van der Waals surface area contributed by atoms with Crippen molar-refractivity contribution in [1.29, 1.82) is 0 Å². The van der Waals surface area contributed by atoms with Gasteiger partial charge in [0.25, 0.3) is 11.8 Å². The number of hydrogen-bond donors (Lipinski definition) is 4. The highest BCUT2D eigenvalue weighted by atomic mass is 16.2. The Morgan fingerprint density at radius 2 is 1.91 bits per heavy atom. The van der Waals surface area contributed by atoms with Crippen molar-refractivity contribution in [3.63, 3.8) is 0 Å². The summed E-state index contributed by atoms with van der Waals surface area (Å²) in [4.78, 5) is 42.2. The van der Waals surface area contributed by atoms with Crippen molar-refractivity contribution in [3.05, 3.63) is 53.6 Å². The minimum Gasteiger partial charge on any atom is -0.393 e. The molecule has 2 aliphatic rings. The third kappa shape index (κ3) is 5.08. The number of carbonyl (C=O) groups excluding carboxylic acids is 2. The molecule has 0 saturated heterocycles. The zero-order chi connectivity index (χ0) is 22.5. The lowest BCUT2D eigenvalue weighted by Crippen LogP contribution is -2.43. The Bertz CT molecular complexity index is 1060. The normalized spacial score (nSPS) is 16.8. The molecule has 10 nitrogen and oxygen atoms in total. The fourth-order valence-electron chi connectivity index (χ4n) is 3.29. The van der Waals surface area contributed by atoms with Gasteiger partial charge in [-0.2, -0.15) is 0 Å². The molecule has 2 aliphatic carbocycles. The molecule has 5 N–H and O–H groups in total. The van der Waals surface area contributed by atoms with E-state index in [1.54, 1.807) is 12.4 Å². The van der Waals surface area contributed by atoms with E-state index in [0.717, 1.165) is 37.8 Å². The summed E-state index contributed by atoms with van der Waals surface area (Å²) < 4.78 is 0. The van der Waals surface area contributed by atoms with Crippen LogP contribution in [0.25, 0.3) is 0 Å². The molecule has 32 heavy (non-hydrogen) atoms. The number of hydrogen-bond acceptors (Lipinski definition) is 8. The molecular weight excluding hydrogens is 408 g/mol. The number of nitrogens with two attached hydrogens (primary N) is 1. The van der Waals surface area contributed by atoms with E-state index < -0.39 is 11.8 Å². The zero-order valence-electron chi connectivity index (χ0n) is 17.8. The molecule has 2 fully saturated rings. The van der Waals surface area contributed by atoms with Crippen molar-refractivity contribution in [1.82, 2.24) is 25.6 Å². The number of pyridine rings is 1. The van der Waals surface area contributed by atoms with Gasteiger partial charge >= 0.3 is 0 Å². The second-order valence-electron chi connectivity index (χ2n) is 7.93. The van der Waals surface area contributed by atoms with Gasteiger partial charge in [0.05, 0.1) is 29.5 Å². The molecule has 2 aromatic rings. The molecule has 0 aromatic carbocycles. The number of nitrogens with zero attached hydrogens (tertiary/aromatic N) is 4. The van der Waals surface area contributed by atoms with Crippen molar-refractivity contribution in [3.8, 4) is 0 Å². The summed E-state index contributed by atoms with van der Waals surface area (Å²) in [5.41, 5.74) is 8.24. The van der Waals surface area contributed by atoms with Gasteiger partial charge in [0.2, 0.25) is 0 Å². The van der Waals surface area contributed by atoms with Crippen LogP contribution >= 0.6 is 0 Å². The topological polar surface area (TPSA) is 147 Å². The van der Waals surface area contributed by atoms with Gasteiger partial charge in [-0.15, -0.1) is 0 Å². The van der Waals surface area contributed by atoms with E-state index in [4.69, 9.17) is 5.73 Å². The molecule has 0 atom stereocenters. The van der Waals surface area contributed by atoms with Crippen LogP contribution in [0, 0.1) is 0 Å². The van der Waals surface area contributed by atoms with E-state index in [9.17, 15) is 9.59 Å². The number of anilines is 2. The molecule has 0 radical (unpaired) electrons. The summed E-state index contributed by atoms with van der Waals surface area (Å²) in [6.07, 6.45) is 11.0. The minimum atomic E-state index is -0.499. The molecule has 2 saturated carbocycles. The maximum Gasteiger partial charge on any atom is 0.276 e. The average molecular weight is 435 g/mol. The second kappa shape index (κ2) is 9.54. The molecular formula is C22H26N8O2. The number of aromatic nitrogens is 3. The first kappa shape index (κ1) is 21.4. The zero-order valence-corrected chi connectivity index (χ0v) is 17.8. The van der Waals surface area contributed by atoms with Crippen LogP contribution in [0.5, 0.6) is 0 Å². The lowest BCUT2D eigenvalue weighted by Gasteiger charge is -2.26. The van der Waals surface area contributed by atoms with E-state index in [1.807, 2.05) is 12.1 Å². The third-order valence-corrected chi connectivity index (χ3v) is 5.45. The molecule has 10 heteroatoms. The first-order valence-electron chi connectivity index (χ1n) is 10.6. The Labute approximate surface area is 185 Å². The fraction of sp³-hybridized carbons (Fsp3) is 0.364. The first-order valence-corrected chi connectivity index (χ1v) is 10.6. The molecule has 4 rings (SSSR count). The van der Waals surface area contributed by atoms with E-state index in [-0.39, 0.29) is 23.1 Å². The van der Waals surface area contributed by atoms with Crippen LogP contribution in [0.3, 0.4) is 0 Å². The summed E-state index contributed by atoms with van der Waals surface area (Å²) >= 11 is 0. The van der Waals surface area contributed by atoms with Gasteiger partial charge < -0.3 is 21.7 Å². The maximum absolute atomic E-state index is 13.2. The summed E-state index contributed by atoms with van der Waals surface area (Å²) in [6.45, 7) is 0. The lowest BCUT2D eigenvalue weighted by atomic mass is 9.93. The van der Waals surface area contributed by atoms with Gasteiger partial charge in [-0.1, -0.05) is 0 Å². The van der Waals surface area contributed by atoms with Crippen molar-refractivity contribution < 1.29 is 9.59 Å². The van der Waals surface area contributed by atoms with E-state index in [2.05, 4.69) is 35.9 Å². The molecule has 2 heterocycles. The lowest BCUT2D eigenvalue weighted by molar-refractivity contribution is -0.118. The Kier molecular flexibility index (Phi) is 6.39. The van der Waals surface area contributed by atoms with Crippen molar-refractivity contribution in [2.45, 2.75) is 44.1 Å². The van der Waals surface area contributed by atoms with Gasteiger partial charge in [-0.05, 0) is 44.2 Å². The number of carbonyl (C=O) groups is 2. The van der Waals surface area contributed by atoms with Crippen molar-refractivity contribution in [2.24, 2.45) is 10.7 Å². The van der Waals surface area contributed by atoms with E-state index >= 15 is 0 Å². The predicted octanol–water partition coefficient (Wildman–Crippen LogP) is 1.76. The number of rotatable bonds is 8. The van der Waals surface area contributed by atoms with E-state index in [0.29, 0.717) is 17.3 Å². The van der Waals surface area contributed by atoms with Crippen LogP contribution in [-0.2, 0) is 4.79 Å². The van der Waals surface area contributed by atoms with Gasteiger partial charge in [-0.25, -0.2) is 15.0 Å². The van der Waals surface area contributed by atoms with E-state index in [1.165, 1.54) is 19.6 Å². The van der Waals surface area contributed by atoms with Crippen LogP contribution in [0.1, 0.15) is 54.2 Å². The molecule has 2 amide bonds. The Morgan fingerprint density at radius 3 is 2.53 bits per heavy atom. The predicted molar refractivity (Wildman–Crippen MR) is 120 cm³/mol. The number of nitrogens with one attached hydrogen (secondary N) is 3. The highest BCUT2D eigenvalue weighted by molar-refractivity contribution is 6.05. The van der Waals surface area contributed by atoms with Crippen molar-refractivity contribution in [2.75, 3.05) is 12.4 Å². The molecule has 0 aliphatic heterocycles. The number of allylic oxidation sites excluding steroid dienone is 1. The summed E-state index contributed by atoms with van der Waals surface area (Å²) in [5.74, 6) is -0.563. The van der Waals surface area contributed by atoms with Crippen molar-refractivity contribution >= 4 is 29.4 Å². The van der Waals surface area contributed by atoms with Crippen LogP contribution in [0.2, 0.25) is 0 Å². The smallest absolute Gasteiger partial charge is 0.276 e. The van der Waals surface area contributed by atoms with Crippen LogP contribution in [-0.4, -0.2) is 46.1 Å². The SMILES string of the molecule is CN=CC(NC(=O)c1nc(C2CC2)ccc1Nc1cncnc1)=C(N)C(=O)NC1CCC1. The highest BCUT2D eigenvalue weighted by Crippen LogP contribution is 2.39. The van der Waals surface area contributed by atoms with Crippen LogP contribution in [0.15, 0.2) is 47.2 Å². The standard InChI is InChI=1S/C22H26N8O2/c1-24-11-18(19(23)21(31)28-14-3-2-4-14)30-22(32)20-17(27-15-9-25-12-26-10-15)8-7-16(29-20)13-5-6-13/h7-14,27H,2-6,23H2,1H3,(H,28,31)(H,30,32). The van der Waals surface area contributed by atoms with Gasteiger partial charge in [-0.3, -0.25) is 14.6 Å². The fourth-order valence-corrected chi connectivity index (χ4v) is 3.29. The molecule has 2 aromatic heterocycles. The molecule has 166 valence electrons. The quantitative estimate of drug-likeness (QED) is 0.365. The summed E-state index contributed by atoms with van der Waals surface area (Å²) in [6, 6.07) is 3.84. The van der Waals surface area contributed by atoms with Gasteiger partial charge in [0.15, 0.2) is 5.69 Å². The Hall–Kier alpha value is -3.82. The Balaban J connectivity index is 1.60. The van der Waals surface area contributed by atoms with Crippen LogP contribution < -0.4 is 21.7 Å². The average Bonchev–Trinajstić information content (AvgIpc) is 3.61. The minimum absolute atomic E-state index is 0.0971. The first-order chi connectivity index (χ1) is 15.5. The summed E-state index contributed by atoms with van der Waals surface area (Å²) in [5, 5.41) is 8.71. The monoisotopic (exact) mass is 434 g/mol. The maximum atomic E-state index is 13.2. The van der Waals surface area contributed by atoms with Gasteiger partial charge in [0.1, 0.15) is 12.0 Å². The summed E-state index contributed by atoms with van der Waals surface area (Å²) in [7, 11) is 1.54. The molecule has 0 spiro atoms. The second-order valence-corrected chi connectivity index (χ2v) is 7.93. The van der Waals surface area contributed by atoms with Gasteiger partial charge in [0, 0.05) is 30.9 Å².